The first kappa shape index (κ1) is 15.9. The van der Waals surface area contributed by atoms with Crippen molar-refractivity contribution in [2.45, 2.75) is 33.1 Å². The number of aliphatic carboxylic acids is 1. The van der Waals surface area contributed by atoms with Crippen molar-refractivity contribution in [3.8, 4) is 0 Å². The molecule has 0 saturated heterocycles. The molecular weight excluding hydrogens is 196 g/mol. The number of esters is 1. The van der Waals surface area contributed by atoms with E-state index in [4.69, 9.17) is 5.11 Å². The summed E-state index contributed by atoms with van der Waals surface area (Å²) in [5.41, 5.74) is 0.317. The number of carbonyl (C=O) groups is 2. The van der Waals surface area contributed by atoms with Crippen molar-refractivity contribution in [3.63, 3.8) is 0 Å². The Morgan fingerprint density at radius 3 is 2.20 bits per heavy atom. The smallest absolute Gasteiger partial charge is 0.330 e. The molecule has 0 atom stereocenters. The van der Waals surface area contributed by atoms with E-state index in [0.717, 1.165) is 19.1 Å². The summed E-state index contributed by atoms with van der Waals surface area (Å²) < 4.78 is 4.17. The van der Waals surface area contributed by atoms with Crippen LogP contribution in [0.3, 0.4) is 0 Å². The fourth-order valence-electron chi connectivity index (χ4n) is 0.614. The van der Waals surface area contributed by atoms with Crippen LogP contribution in [0.25, 0.3) is 0 Å². The maximum absolute atomic E-state index is 10.1. The van der Waals surface area contributed by atoms with Crippen molar-refractivity contribution >= 4 is 11.9 Å². The molecular formula is C11H18O4. The third-order valence-corrected chi connectivity index (χ3v) is 1.38. The van der Waals surface area contributed by atoms with Gasteiger partial charge < -0.3 is 9.84 Å². The molecule has 0 unspecified atom stereocenters. The van der Waals surface area contributed by atoms with Gasteiger partial charge in [0.25, 0.3) is 0 Å². The highest BCUT2D eigenvalue weighted by atomic mass is 16.5. The lowest BCUT2D eigenvalue weighted by molar-refractivity contribution is -0.135. The summed E-state index contributed by atoms with van der Waals surface area (Å²) >= 11 is 0. The van der Waals surface area contributed by atoms with Gasteiger partial charge in [-0.25, -0.2) is 4.79 Å². The first-order valence-electron chi connectivity index (χ1n) is 4.64. The Labute approximate surface area is 90.2 Å². The Bertz CT molecular complexity index is 231. The number of unbranched alkanes of at least 4 members (excludes halogenated alkanes) is 1. The highest BCUT2D eigenvalue weighted by molar-refractivity contribution is 5.85. The summed E-state index contributed by atoms with van der Waals surface area (Å²) in [6, 6.07) is 0. The molecule has 0 radical (unpaired) electrons. The minimum absolute atomic E-state index is 0.317. The van der Waals surface area contributed by atoms with Gasteiger partial charge in [0, 0.05) is 12.5 Å². The fraction of sp³-hybridized carbons (Fsp3) is 0.455. The molecule has 0 aliphatic rings. The van der Waals surface area contributed by atoms with Crippen LogP contribution in [0, 0.1) is 0 Å². The molecule has 0 fully saturated rings. The van der Waals surface area contributed by atoms with Gasteiger partial charge in [-0.2, -0.15) is 0 Å². The maximum atomic E-state index is 10.1. The second-order valence-electron chi connectivity index (χ2n) is 2.79. The minimum Gasteiger partial charge on any atom is -0.478 e. The molecule has 4 nitrogen and oxygen atoms in total. The van der Waals surface area contributed by atoms with E-state index in [1.165, 1.54) is 6.92 Å². The lowest BCUT2D eigenvalue weighted by Gasteiger charge is -1.95. The highest BCUT2D eigenvalue weighted by Gasteiger charge is 2.00. The van der Waals surface area contributed by atoms with Gasteiger partial charge in [0.2, 0.25) is 0 Å². The second-order valence-corrected chi connectivity index (χ2v) is 2.79. The van der Waals surface area contributed by atoms with Crippen LogP contribution in [-0.4, -0.2) is 17.0 Å². The van der Waals surface area contributed by atoms with Crippen molar-refractivity contribution in [2.24, 2.45) is 0 Å². The summed E-state index contributed by atoms with van der Waals surface area (Å²) in [6.07, 6.45) is 3.66. The SMILES string of the molecule is C=C(CCCC)C(=O)O.C=COC(C)=O. The van der Waals surface area contributed by atoms with Crippen LogP contribution in [0.15, 0.2) is 25.0 Å². The molecule has 0 aliphatic heterocycles. The molecule has 0 aromatic carbocycles. The summed E-state index contributed by atoms with van der Waals surface area (Å²) in [5.74, 6) is -1.20. The van der Waals surface area contributed by atoms with E-state index in [1.54, 1.807) is 0 Å². The maximum Gasteiger partial charge on any atom is 0.330 e. The van der Waals surface area contributed by atoms with Crippen LogP contribution in [0.4, 0.5) is 0 Å². The van der Waals surface area contributed by atoms with E-state index < -0.39 is 5.97 Å². The Morgan fingerprint density at radius 2 is 2.00 bits per heavy atom. The molecule has 0 aromatic heterocycles. The van der Waals surface area contributed by atoms with Crippen molar-refractivity contribution in [1.82, 2.24) is 0 Å². The Balaban J connectivity index is 0. The zero-order chi connectivity index (χ0) is 12.3. The van der Waals surface area contributed by atoms with Crippen LogP contribution in [-0.2, 0) is 14.3 Å². The first-order chi connectivity index (χ1) is 6.95. The van der Waals surface area contributed by atoms with Crippen molar-refractivity contribution in [3.05, 3.63) is 25.0 Å². The van der Waals surface area contributed by atoms with Crippen LogP contribution in [0.2, 0.25) is 0 Å². The topological polar surface area (TPSA) is 63.6 Å². The second kappa shape index (κ2) is 10.5. The molecule has 0 aliphatic carbocycles. The molecule has 0 aromatic rings. The lowest BCUT2D eigenvalue weighted by atomic mass is 10.1. The van der Waals surface area contributed by atoms with E-state index in [2.05, 4.69) is 17.9 Å². The molecule has 0 saturated carbocycles. The largest absolute Gasteiger partial charge is 0.478 e. The first-order valence-corrected chi connectivity index (χ1v) is 4.64. The lowest BCUT2D eigenvalue weighted by Crippen LogP contribution is -1.97. The molecule has 0 heterocycles. The minimum atomic E-state index is -0.872. The average Bonchev–Trinajstić information content (AvgIpc) is 2.14. The van der Waals surface area contributed by atoms with Gasteiger partial charge >= 0.3 is 11.9 Å². The summed E-state index contributed by atoms with van der Waals surface area (Å²) in [5, 5.41) is 8.31. The normalized spacial score (nSPS) is 8.13. The average molecular weight is 214 g/mol. The number of rotatable bonds is 5. The Morgan fingerprint density at radius 1 is 1.47 bits per heavy atom. The molecule has 1 N–H and O–H groups in total. The third-order valence-electron chi connectivity index (χ3n) is 1.38. The number of hydrogen-bond acceptors (Lipinski definition) is 3. The van der Waals surface area contributed by atoms with Gasteiger partial charge in [0.15, 0.2) is 0 Å². The molecule has 0 spiro atoms. The monoisotopic (exact) mass is 214 g/mol. The number of ether oxygens (including phenoxy) is 1. The Kier molecular flexibility index (Phi) is 11.1. The number of carboxylic acids is 1. The molecule has 0 amide bonds. The van der Waals surface area contributed by atoms with Crippen molar-refractivity contribution in [2.75, 3.05) is 0 Å². The van der Waals surface area contributed by atoms with Gasteiger partial charge in [0.1, 0.15) is 0 Å². The molecule has 0 rings (SSSR count). The molecule has 86 valence electrons. The van der Waals surface area contributed by atoms with E-state index >= 15 is 0 Å². The zero-order valence-electron chi connectivity index (χ0n) is 9.28. The van der Waals surface area contributed by atoms with Crippen molar-refractivity contribution in [1.29, 1.82) is 0 Å². The summed E-state index contributed by atoms with van der Waals surface area (Å²) in [4.78, 5) is 19.9. The zero-order valence-corrected chi connectivity index (χ0v) is 9.28. The fourth-order valence-corrected chi connectivity index (χ4v) is 0.614. The Hall–Kier alpha value is -1.58. The predicted octanol–water partition coefficient (Wildman–Crippen LogP) is 2.51. The quantitative estimate of drug-likeness (QED) is 0.434. The summed E-state index contributed by atoms with van der Waals surface area (Å²) in [6.45, 7) is 9.89. The molecule has 0 bridgehead atoms. The van der Waals surface area contributed by atoms with Crippen LogP contribution in [0.5, 0.6) is 0 Å². The standard InChI is InChI=1S/C7H12O2.C4H6O2/c1-3-4-5-6(2)7(8)9;1-3-6-4(2)5/h2-5H2,1H3,(H,8,9);3H,1H2,2H3. The highest BCUT2D eigenvalue weighted by Crippen LogP contribution is 2.03. The van der Waals surface area contributed by atoms with Gasteiger partial charge in [-0.3, -0.25) is 4.79 Å². The van der Waals surface area contributed by atoms with Gasteiger partial charge in [0.05, 0.1) is 6.26 Å². The van der Waals surface area contributed by atoms with Gasteiger partial charge in [-0.1, -0.05) is 26.5 Å². The van der Waals surface area contributed by atoms with E-state index in [9.17, 15) is 9.59 Å². The molecule has 4 heteroatoms. The van der Waals surface area contributed by atoms with Crippen molar-refractivity contribution < 1.29 is 19.4 Å². The van der Waals surface area contributed by atoms with Gasteiger partial charge in [-0.05, 0) is 12.8 Å². The third kappa shape index (κ3) is 15.2. The van der Waals surface area contributed by atoms with Crippen LogP contribution < -0.4 is 0 Å². The van der Waals surface area contributed by atoms with E-state index in [-0.39, 0.29) is 5.97 Å². The predicted molar refractivity (Wildman–Crippen MR) is 58.3 cm³/mol. The van der Waals surface area contributed by atoms with Gasteiger partial charge in [-0.15, -0.1) is 0 Å². The van der Waals surface area contributed by atoms with E-state index in [1.807, 2.05) is 6.92 Å². The number of hydrogen-bond donors (Lipinski definition) is 1. The van der Waals surface area contributed by atoms with Crippen LogP contribution >= 0.6 is 0 Å². The number of carbonyl (C=O) groups excluding carboxylic acids is 1. The molecule has 15 heavy (non-hydrogen) atoms. The number of carboxylic acid groups (broad SMARTS) is 1. The summed E-state index contributed by atoms with van der Waals surface area (Å²) in [7, 11) is 0. The van der Waals surface area contributed by atoms with E-state index in [0.29, 0.717) is 12.0 Å². The van der Waals surface area contributed by atoms with Crippen LogP contribution in [0.1, 0.15) is 33.1 Å².